The van der Waals surface area contributed by atoms with Crippen molar-refractivity contribution in [1.29, 1.82) is 0 Å². The lowest BCUT2D eigenvalue weighted by Crippen LogP contribution is -2.15. The summed E-state index contributed by atoms with van der Waals surface area (Å²) in [6.45, 7) is 8.17. The molecule has 1 radical (unpaired) electrons. The van der Waals surface area contributed by atoms with E-state index < -0.39 is 0 Å². The molecule has 0 aromatic rings. The Morgan fingerprint density at radius 2 is 2.00 bits per heavy atom. The molecule has 0 aromatic carbocycles. The first kappa shape index (κ1) is 8.96. The zero-order chi connectivity index (χ0) is 7.33. The van der Waals surface area contributed by atoms with Gasteiger partial charge in [-0.05, 0) is 11.8 Å². The van der Waals surface area contributed by atoms with Crippen LogP contribution in [0.3, 0.4) is 0 Å². The summed E-state index contributed by atoms with van der Waals surface area (Å²) in [6, 6.07) is 0. The topological polar surface area (TPSA) is 20.2 Å². The fraction of sp³-hybridized carbons (Fsp3) is 0.875. The van der Waals surface area contributed by atoms with E-state index in [2.05, 4.69) is 20.8 Å². The van der Waals surface area contributed by atoms with Gasteiger partial charge in [0.25, 0.3) is 0 Å². The molecule has 0 heterocycles. The fourth-order valence-electron chi connectivity index (χ4n) is 0.683. The van der Waals surface area contributed by atoms with E-state index in [1.165, 1.54) is 0 Å². The molecule has 0 aliphatic heterocycles. The summed E-state index contributed by atoms with van der Waals surface area (Å²) in [5.74, 6) is 0. The van der Waals surface area contributed by atoms with Crippen LogP contribution in [0.1, 0.15) is 33.1 Å². The summed E-state index contributed by atoms with van der Waals surface area (Å²) in [7, 11) is 0. The SMILES string of the molecule is [CH2]CCCC(C)(C)CO. The Morgan fingerprint density at radius 1 is 1.44 bits per heavy atom. The molecule has 0 aromatic heterocycles. The van der Waals surface area contributed by atoms with Gasteiger partial charge in [0.2, 0.25) is 0 Å². The molecule has 0 rings (SSSR count). The average Bonchev–Trinajstić information content (AvgIpc) is 1.84. The van der Waals surface area contributed by atoms with Crippen molar-refractivity contribution in [3.8, 4) is 0 Å². The third-order valence-corrected chi connectivity index (χ3v) is 1.53. The Morgan fingerprint density at radius 3 is 2.33 bits per heavy atom. The highest BCUT2D eigenvalue weighted by Crippen LogP contribution is 2.21. The Labute approximate surface area is 58.1 Å². The van der Waals surface area contributed by atoms with Gasteiger partial charge in [0.1, 0.15) is 0 Å². The van der Waals surface area contributed by atoms with Gasteiger partial charge in [0.15, 0.2) is 0 Å². The Bertz CT molecular complexity index is 67.0. The second-order valence-electron chi connectivity index (χ2n) is 3.28. The van der Waals surface area contributed by atoms with Crippen molar-refractivity contribution < 1.29 is 5.11 Å². The number of aliphatic hydroxyl groups excluding tert-OH is 1. The van der Waals surface area contributed by atoms with Crippen LogP contribution < -0.4 is 0 Å². The summed E-state index contributed by atoms with van der Waals surface area (Å²) in [5, 5.41) is 8.80. The predicted molar refractivity (Wildman–Crippen MR) is 40.1 cm³/mol. The van der Waals surface area contributed by atoms with Crippen LogP contribution in [0.25, 0.3) is 0 Å². The molecule has 0 amide bonds. The molecule has 1 heteroatoms. The van der Waals surface area contributed by atoms with E-state index in [4.69, 9.17) is 5.11 Å². The lowest BCUT2D eigenvalue weighted by Gasteiger charge is -2.20. The predicted octanol–water partition coefficient (Wildman–Crippen LogP) is 2.01. The normalized spacial score (nSPS) is 12.0. The molecule has 1 N–H and O–H groups in total. The van der Waals surface area contributed by atoms with Gasteiger partial charge < -0.3 is 5.11 Å². The molecule has 0 saturated carbocycles. The van der Waals surface area contributed by atoms with Crippen LogP contribution in [-0.4, -0.2) is 11.7 Å². The first-order valence-electron chi connectivity index (χ1n) is 3.52. The van der Waals surface area contributed by atoms with Crippen LogP contribution >= 0.6 is 0 Å². The van der Waals surface area contributed by atoms with Gasteiger partial charge >= 0.3 is 0 Å². The maximum atomic E-state index is 8.80. The maximum absolute atomic E-state index is 8.80. The zero-order valence-electron chi connectivity index (χ0n) is 6.48. The number of rotatable bonds is 4. The molecule has 0 aliphatic rings. The molecule has 55 valence electrons. The summed E-state index contributed by atoms with van der Waals surface area (Å²) in [5.41, 5.74) is 0.109. The van der Waals surface area contributed by atoms with E-state index in [-0.39, 0.29) is 12.0 Å². The van der Waals surface area contributed by atoms with E-state index in [9.17, 15) is 0 Å². The highest BCUT2D eigenvalue weighted by molar-refractivity contribution is 4.66. The lowest BCUT2D eigenvalue weighted by atomic mass is 9.88. The van der Waals surface area contributed by atoms with Crippen molar-refractivity contribution in [2.75, 3.05) is 6.61 Å². The molecule has 0 aliphatic carbocycles. The molecular formula is C8H17O. The molecule has 0 bridgehead atoms. The van der Waals surface area contributed by atoms with Crippen LogP contribution in [0.15, 0.2) is 0 Å². The van der Waals surface area contributed by atoms with Crippen LogP contribution in [0.5, 0.6) is 0 Å². The second-order valence-corrected chi connectivity index (χ2v) is 3.28. The maximum Gasteiger partial charge on any atom is 0.0482 e. The van der Waals surface area contributed by atoms with E-state index in [1.54, 1.807) is 0 Å². The Balaban J connectivity index is 3.33. The smallest absolute Gasteiger partial charge is 0.0482 e. The molecule has 0 atom stereocenters. The molecule has 0 unspecified atom stereocenters. The van der Waals surface area contributed by atoms with Crippen LogP contribution in [0, 0.1) is 12.3 Å². The highest BCUT2D eigenvalue weighted by atomic mass is 16.3. The fourth-order valence-corrected chi connectivity index (χ4v) is 0.683. The number of hydrogen-bond donors (Lipinski definition) is 1. The van der Waals surface area contributed by atoms with Gasteiger partial charge in [-0.2, -0.15) is 0 Å². The molecular weight excluding hydrogens is 112 g/mol. The summed E-state index contributed by atoms with van der Waals surface area (Å²) in [6.07, 6.45) is 3.17. The third-order valence-electron chi connectivity index (χ3n) is 1.53. The molecule has 1 nitrogen and oxygen atoms in total. The van der Waals surface area contributed by atoms with Gasteiger partial charge in [0.05, 0.1) is 0 Å². The standard InChI is InChI=1S/C8H17O/c1-4-5-6-8(2,3)7-9/h9H,1,4-7H2,2-3H3. The molecule has 0 saturated heterocycles. The van der Waals surface area contributed by atoms with Crippen molar-refractivity contribution in [3.63, 3.8) is 0 Å². The van der Waals surface area contributed by atoms with Crippen molar-refractivity contribution in [1.82, 2.24) is 0 Å². The van der Waals surface area contributed by atoms with E-state index in [1.807, 2.05) is 0 Å². The van der Waals surface area contributed by atoms with Crippen molar-refractivity contribution in [3.05, 3.63) is 6.92 Å². The minimum Gasteiger partial charge on any atom is -0.396 e. The van der Waals surface area contributed by atoms with Gasteiger partial charge in [-0.1, -0.05) is 33.6 Å². The third kappa shape index (κ3) is 4.46. The summed E-state index contributed by atoms with van der Waals surface area (Å²) in [4.78, 5) is 0. The molecule has 0 spiro atoms. The van der Waals surface area contributed by atoms with Gasteiger partial charge in [-0.3, -0.25) is 0 Å². The second kappa shape index (κ2) is 3.89. The number of aliphatic hydroxyl groups is 1. The quantitative estimate of drug-likeness (QED) is 0.615. The number of hydrogen-bond acceptors (Lipinski definition) is 1. The highest BCUT2D eigenvalue weighted by Gasteiger charge is 2.14. The first-order chi connectivity index (χ1) is 4.12. The average molecular weight is 129 g/mol. The Kier molecular flexibility index (Phi) is 3.87. The largest absolute Gasteiger partial charge is 0.396 e. The van der Waals surface area contributed by atoms with E-state index in [0.717, 1.165) is 19.3 Å². The van der Waals surface area contributed by atoms with Gasteiger partial charge in [0, 0.05) is 6.61 Å². The summed E-state index contributed by atoms with van der Waals surface area (Å²) < 4.78 is 0. The van der Waals surface area contributed by atoms with Crippen LogP contribution in [0.2, 0.25) is 0 Å². The van der Waals surface area contributed by atoms with Crippen molar-refractivity contribution in [2.24, 2.45) is 5.41 Å². The van der Waals surface area contributed by atoms with E-state index in [0.29, 0.717) is 0 Å². The zero-order valence-corrected chi connectivity index (χ0v) is 6.48. The summed E-state index contributed by atoms with van der Waals surface area (Å²) >= 11 is 0. The van der Waals surface area contributed by atoms with Crippen molar-refractivity contribution in [2.45, 2.75) is 33.1 Å². The monoisotopic (exact) mass is 129 g/mol. The Hall–Kier alpha value is -0.0400. The lowest BCUT2D eigenvalue weighted by molar-refractivity contribution is 0.148. The van der Waals surface area contributed by atoms with Crippen molar-refractivity contribution >= 4 is 0 Å². The van der Waals surface area contributed by atoms with Gasteiger partial charge in [-0.25, -0.2) is 0 Å². The van der Waals surface area contributed by atoms with Crippen LogP contribution in [0.4, 0.5) is 0 Å². The van der Waals surface area contributed by atoms with E-state index >= 15 is 0 Å². The first-order valence-corrected chi connectivity index (χ1v) is 3.52. The van der Waals surface area contributed by atoms with Gasteiger partial charge in [-0.15, -0.1) is 0 Å². The minimum absolute atomic E-state index is 0.109. The van der Waals surface area contributed by atoms with Crippen LogP contribution in [-0.2, 0) is 0 Å². The molecule has 0 fully saturated rings. The number of unbranched alkanes of at least 4 members (excludes halogenated alkanes) is 1. The molecule has 9 heavy (non-hydrogen) atoms. The minimum atomic E-state index is 0.109.